The topological polar surface area (TPSA) is 47.9 Å². The lowest BCUT2D eigenvalue weighted by Gasteiger charge is -2.28. The van der Waals surface area contributed by atoms with Gasteiger partial charge in [0, 0.05) is 5.56 Å². The van der Waals surface area contributed by atoms with E-state index in [1.165, 1.54) is 0 Å². The number of ether oxygens (including phenoxy) is 3. The summed E-state index contributed by atoms with van der Waals surface area (Å²) in [5.41, 5.74) is 0.695. The van der Waals surface area contributed by atoms with E-state index in [2.05, 4.69) is 6.58 Å². The van der Waals surface area contributed by atoms with E-state index < -0.39 is 5.60 Å². The summed E-state index contributed by atoms with van der Waals surface area (Å²) in [6.07, 6.45) is 5.05. The highest BCUT2D eigenvalue weighted by Crippen LogP contribution is 2.49. The van der Waals surface area contributed by atoms with Crippen LogP contribution in [-0.4, -0.2) is 26.4 Å². The third-order valence-corrected chi connectivity index (χ3v) is 3.94. The lowest BCUT2D eigenvalue weighted by atomic mass is 9.86. The maximum absolute atomic E-state index is 10.9. The molecule has 1 aromatic carbocycles. The molecule has 0 heterocycles. The fourth-order valence-electron chi connectivity index (χ4n) is 2.92. The molecule has 0 radical (unpaired) electrons. The molecule has 0 fully saturated rings. The zero-order chi connectivity index (χ0) is 14.8. The second kappa shape index (κ2) is 5.75. The Morgan fingerprint density at radius 1 is 1.15 bits per heavy atom. The van der Waals surface area contributed by atoms with E-state index in [0.29, 0.717) is 23.7 Å². The molecule has 0 saturated heterocycles. The lowest BCUT2D eigenvalue weighted by molar-refractivity contribution is 0.0759. The van der Waals surface area contributed by atoms with Gasteiger partial charge in [0.15, 0.2) is 11.5 Å². The quantitative estimate of drug-likeness (QED) is 0.679. The third kappa shape index (κ3) is 2.24. The molecule has 4 nitrogen and oxygen atoms in total. The first-order valence-corrected chi connectivity index (χ1v) is 6.79. The average molecular weight is 278 g/mol. The number of hydrogen-bond donors (Lipinski definition) is 1. The molecule has 0 amide bonds. The highest BCUT2D eigenvalue weighted by atomic mass is 16.5. The number of rotatable bonds is 4. The predicted molar refractivity (Wildman–Crippen MR) is 77.7 cm³/mol. The van der Waals surface area contributed by atoms with Crippen LogP contribution in [0.3, 0.4) is 0 Å². The van der Waals surface area contributed by atoms with Crippen LogP contribution in [0.15, 0.2) is 18.7 Å². The van der Waals surface area contributed by atoms with Crippen molar-refractivity contribution < 1.29 is 19.3 Å². The summed E-state index contributed by atoms with van der Waals surface area (Å²) >= 11 is 0. The maximum Gasteiger partial charge on any atom is 0.203 e. The van der Waals surface area contributed by atoms with Crippen molar-refractivity contribution in [3.05, 3.63) is 29.8 Å². The fourth-order valence-corrected chi connectivity index (χ4v) is 2.92. The molecule has 1 unspecified atom stereocenters. The Bertz CT molecular complexity index is 510. The first-order chi connectivity index (χ1) is 9.61. The zero-order valence-corrected chi connectivity index (χ0v) is 12.4. The zero-order valence-electron chi connectivity index (χ0n) is 12.4. The van der Waals surface area contributed by atoms with Gasteiger partial charge in [-0.15, -0.1) is 0 Å². The molecule has 0 aliphatic heterocycles. The van der Waals surface area contributed by atoms with Crippen molar-refractivity contribution in [3.8, 4) is 17.2 Å². The summed E-state index contributed by atoms with van der Waals surface area (Å²) in [6.45, 7) is 3.79. The van der Waals surface area contributed by atoms with Crippen molar-refractivity contribution in [2.24, 2.45) is 0 Å². The normalized spacial score (nSPS) is 21.6. The van der Waals surface area contributed by atoms with E-state index in [1.54, 1.807) is 27.4 Å². The van der Waals surface area contributed by atoms with Crippen molar-refractivity contribution >= 4 is 0 Å². The van der Waals surface area contributed by atoms with Crippen molar-refractivity contribution in [3.63, 3.8) is 0 Å². The SMILES string of the molecule is C=CC1(O)CCCCc2cc(OC)c(OC)c(OC)c21. The van der Waals surface area contributed by atoms with Crippen LogP contribution in [0, 0.1) is 0 Å². The van der Waals surface area contributed by atoms with E-state index in [-0.39, 0.29) is 0 Å². The van der Waals surface area contributed by atoms with Crippen molar-refractivity contribution in [1.82, 2.24) is 0 Å². The van der Waals surface area contributed by atoms with Gasteiger partial charge in [-0.2, -0.15) is 0 Å². The molecule has 110 valence electrons. The highest BCUT2D eigenvalue weighted by molar-refractivity contribution is 5.62. The van der Waals surface area contributed by atoms with E-state index >= 15 is 0 Å². The fraction of sp³-hybridized carbons (Fsp3) is 0.500. The van der Waals surface area contributed by atoms with Gasteiger partial charge in [-0.25, -0.2) is 0 Å². The smallest absolute Gasteiger partial charge is 0.203 e. The minimum Gasteiger partial charge on any atom is -0.493 e. The Labute approximate surface area is 120 Å². The van der Waals surface area contributed by atoms with Crippen LogP contribution >= 0.6 is 0 Å². The molecule has 0 spiro atoms. The molecule has 1 aromatic rings. The molecular weight excluding hydrogens is 256 g/mol. The Hall–Kier alpha value is -1.68. The van der Waals surface area contributed by atoms with Gasteiger partial charge >= 0.3 is 0 Å². The summed E-state index contributed by atoms with van der Waals surface area (Å²) in [7, 11) is 4.74. The first-order valence-electron chi connectivity index (χ1n) is 6.79. The Kier molecular flexibility index (Phi) is 4.23. The molecule has 1 atom stereocenters. The number of aliphatic hydroxyl groups is 1. The van der Waals surface area contributed by atoms with E-state index in [0.717, 1.165) is 30.4 Å². The van der Waals surface area contributed by atoms with Gasteiger partial charge in [0.1, 0.15) is 5.60 Å². The van der Waals surface area contributed by atoms with Crippen LogP contribution in [0.25, 0.3) is 0 Å². The lowest BCUT2D eigenvalue weighted by Crippen LogP contribution is -2.24. The van der Waals surface area contributed by atoms with Gasteiger partial charge in [-0.3, -0.25) is 0 Å². The van der Waals surface area contributed by atoms with Crippen molar-refractivity contribution in [1.29, 1.82) is 0 Å². The van der Waals surface area contributed by atoms with Crippen LogP contribution in [0.4, 0.5) is 0 Å². The van der Waals surface area contributed by atoms with Crippen LogP contribution in [0.2, 0.25) is 0 Å². The molecule has 0 bridgehead atoms. The maximum atomic E-state index is 10.9. The van der Waals surface area contributed by atoms with Crippen molar-refractivity contribution in [2.45, 2.75) is 31.3 Å². The van der Waals surface area contributed by atoms with Gasteiger partial charge in [0.2, 0.25) is 5.75 Å². The van der Waals surface area contributed by atoms with Crippen LogP contribution in [0.1, 0.15) is 30.4 Å². The number of hydrogen-bond acceptors (Lipinski definition) is 4. The molecule has 4 heteroatoms. The minimum absolute atomic E-state index is 0.510. The Balaban J connectivity index is 2.77. The van der Waals surface area contributed by atoms with E-state index in [9.17, 15) is 5.11 Å². The average Bonchev–Trinajstić information content (AvgIpc) is 2.65. The minimum atomic E-state index is -1.09. The summed E-state index contributed by atoms with van der Waals surface area (Å²) in [4.78, 5) is 0. The summed E-state index contributed by atoms with van der Waals surface area (Å²) in [6, 6.07) is 1.93. The summed E-state index contributed by atoms with van der Waals surface area (Å²) < 4.78 is 16.3. The largest absolute Gasteiger partial charge is 0.493 e. The van der Waals surface area contributed by atoms with Gasteiger partial charge in [0.25, 0.3) is 0 Å². The monoisotopic (exact) mass is 278 g/mol. The highest BCUT2D eigenvalue weighted by Gasteiger charge is 2.36. The van der Waals surface area contributed by atoms with Crippen LogP contribution < -0.4 is 14.2 Å². The Morgan fingerprint density at radius 3 is 2.40 bits per heavy atom. The second-order valence-corrected chi connectivity index (χ2v) is 5.01. The molecule has 2 rings (SSSR count). The van der Waals surface area contributed by atoms with Crippen molar-refractivity contribution in [2.75, 3.05) is 21.3 Å². The number of fused-ring (bicyclic) bond motifs is 1. The third-order valence-electron chi connectivity index (χ3n) is 3.94. The van der Waals surface area contributed by atoms with Gasteiger partial charge < -0.3 is 19.3 Å². The van der Waals surface area contributed by atoms with Gasteiger partial charge in [-0.05, 0) is 37.3 Å². The summed E-state index contributed by atoms with van der Waals surface area (Å²) in [5, 5.41) is 10.9. The van der Waals surface area contributed by atoms with Crippen LogP contribution in [0.5, 0.6) is 17.2 Å². The van der Waals surface area contributed by atoms with Crippen LogP contribution in [-0.2, 0) is 12.0 Å². The van der Waals surface area contributed by atoms with E-state index in [1.807, 2.05) is 6.07 Å². The molecular formula is C16H22O4. The Morgan fingerprint density at radius 2 is 1.85 bits per heavy atom. The van der Waals surface area contributed by atoms with Gasteiger partial charge in [0.05, 0.1) is 21.3 Å². The van der Waals surface area contributed by atoms with E-state index in [4.69, 9.17) is 14.2 Å². The first kappa shape index (κ1) is 14.7. The molecule has 1 aliphatic carbocycles. The molecule has 20 heavy (non-hydrogen) atoms. The molecule has 1 N–H and O–H groups in total. The number of benzene rings is 1. The second-order valence-electron chi connectivity index (χ2n) is 5.01. The predicted octanol–water partition coefficient (Wildman–Crippen LogP) is 2.81. The van der Waals surface area contributed by atoms with Gasteiger partial charge in [-0.1, -0.05) is 12.7 Å². The molecule has 1 aliphatic rings. The summed E-state index contributed by atoms with van der Waals surface area (Å²) in [5.74, 6) is 1.67. The number of aryl methyl sites for hydroxylation is 1. The molecule has 0 saturated carbocycles. The number of methoxy groups -OCH3 is 3. The standard InChI is InChI=1S/C16H22O4/c1-5-16(17)9-7-6-8-11-10-12(18-2)14(19-3)15(20-4)13(11)16/h5,10,17H,1,6-9H2,2-4H3. The molecule has 0 aromatic heterocycles.